The number of anilines is 1. The van der Waals surface area contributed by atoms with Crippen LogP contribution in [0.1, 0.15) is 25.8 Å². The molecule has 3 atom stereocenters. The van der Waals surface area contributed by atoms with Crippen LogP contribution in [0.2, 0.25) is 0 Å². The highest BCUT2D eigenvalue weighted by Gasteiger charge is 2.36. The molecule has 1 saturated heterocycles. The number of carbonyl (C=O) groups is 3. The summed E-state index contributed by atoms with van der Waals surface area (Å²) in [6, 6.07) is 14.4. The third-order valence-electron chi connectivity index (χ3n) is 5.69. The minimum atomic E-state index is -0.699. The van der Waals surface area contributed by atoms with E-state index in [1.165, 1.54) is 0 Å². The first kappa shape index (κ1) is 21.7. The van der Waals surface area contributed by atoms with Crippen LogP contribution in [0.3, 0.4) is 0 Å². The normalized spacial score (nSPS) is 18.9. The van der Waals surface area contributed by atoms with Crippen LogP contribution in [0.4, 0.5) is 5.69 Å². The zero-order chi connectivity index (χ0) is 22.7. The molecule has 2 aliphatic heterocycles. The van der Waals surface area contributed by atoms with Gasteiger partial charge >= 0.3 is 0 Å². The molecule has 3 amide bonds. The van der Waals surface area contributed by atoms with Gasteiger partial charge in [-0.15, -0.1) is 0 Å². The molecular formula is C24H27N3O5. The van der Waals surface area contributed by atoms with Crippen molar-refractivity contribution in [2.24, 2.45) is 5.92 Å². The van der Waals surface area contributed by atoms with Crippen LogP contribution in [0.25, 0.3) is 0 Å². The highest BCUT2D eigenvalue weighted by Crippen LogP contribution is 2.37. The van der Waals surface area contributed by atoms with Crippen LogP contribution in [0.15, 0.2) is 48.5 Å². The highest BCUT2D eigenvalue weighted by atomic mass is 16.7. The van der Waals surface area contributed by atoms with Crippen LogP contribution in [-0.2, 0) is 20.8 Å². The first-order chi connectivity index (χ1) is 15.4. The van der Waals surface area contributed by atoms with E-state index in [4.69, 9.17) is 9.47 Å². The molecule has 1 fully saturated rings. The molecule has 2 heterocycles. The minimum Gasteiger partial charge on any atom is -0.454 e. The lowest BCUT2D eigenvalue weighted by atomic mass is 10.1. The monoisotopic (exact) mass is 437 g/mol. The van der Waals surface area contributed by atoms with Gasteiger partial charge in [-0.3, -0.25) is 14.4 Å². The van der Waals surface area contributed by atoms with Crippen molar-refractivity contribution >= 4 is 23.4 Å². The highest BCUT2D eigenvalue weighted by molar-refractivity contribution is 6.01. The minimum absolute atomic E-state index is 0.0705. The Kier molecular flexibility index (Phi) is 6.30. The predicted octanol–water partition coefficient (Wildman–Crippen LogP) is 2.02. The zero-order valence-corrected chi connectivity index (χ0v) is 18.2. The van der Waals surface area contributed by atoms with Crippen molar-refractivity contribution in [1.82, 2.24) is 10.6 Å². The van der Waals surface area contributed by atoms with Crippen LogP contribution in [0.5, 0.6) is 11.5 Å². The molecule has 32 heavy (non-hydrogen) atoms. The van der Waals surface area contributed by atoms with Gasteiger partial charge in [0.2, 0.25) is 24.5 Å². The van der Waals surface area contributed by atoms with Gasteiger partial charge in [0.1, 0.15) is 6.04 Å². The molecule has 4 rings (SSSR count). The van der Waals surface area contributed by atoms with E-state index in [-0.39, 0.29) is 43.5 Å². The second-order valence-electron chi connectivity index (χ2n) is 8.27. The van der Waals surface area contributed by atoms with Gasteiger partial charge in [0.05, 0.1) is 5.92 Å². The average molecular weight is 437 g/mol. The number of rotatable bonds is 7. The molecule has 0 aliphatic carbocycles. The Morgan fingerprint density at radius 1 is 1.06 bits per heavy atom. The van der Waals surface area contributed by atoms with E-state index in [1.807, 2.05) is 37.3 Å². The summed E-state index contributed by atoms with van der Waals surface area (Å²) in [5.74, 6) is -0.00431. The molecule has 2 N–H and O–H groups in total. The molecule has 0 radical (unpaired) electrons. The van der Waals surface area contributed by atoms with Crippen molar-refractivity contribution in [2.45, 2.75) is 38.8 Å². The van der Waals surface area contributed by atoms with Gasteiger partial charge in [-0.1, -0.05) is 30.3 Å². The summed E-state index contributed by atoms with van der Waals surface area (Å²) in [7, 11) is 0. The average Bonchev–Trinajstić information content (AvgIpc) is 3.40. The van der Waals surface area contributed by atoms with Crippen molar-refractivity contribution in [3.63, 3.8) is 0 Å². The van der Waals surface area contributed by atoms with Crippen LogP contribution in [0, 0.1) is 5.92 Å². The second kappa shape index (κ2) is 9.30. The Morgan fingerprint density at radius 3 is 2.59 bits per heavy atom. The molecule has 168 valence electrons. The summed E-state index contributed by atoms with van der Waals surface area (Å²) in [6.45, 7) is 3.98. The molecular weight excluding hydrogens is 410 g/mol. The lowest BCUT2D eigenvalue weighted by molar-refractivity contribution is -0.131. The molecule has 0 bridgehead atoms. The number of hydrogen-bond donors (Lipinski definition) is 2. The molecule has 0 aromatic heterocycles. The van der Waals surface area contributed by atoms with E-state index in [1.54, 1.807) is 30.0 Å². The number of nitrogens with one attached hydrogen (secondary N) is 2. The number of benzene rings is 2. The van der Waals surface area contributed by atoms with Gasteiger partial charge in [-0.25, -0.2) is 0 Å². The van der Waals surface area contributed by atoms with Crippen molar-refractivity contribution in [3.8, 4) is 11.5 Å². The SMILES string of the molecule is CC(Cc1ccccc1)NC(=O)C(C)NC(=O)C1CC(=O)N(c2ccc3c(c2)OCO3)C1. The fraction of sp³-hybridized carbons (Fsp3) is 0.375. The summed E-state index contributed by atoms with van der Waals surface area (Å²) in [5.41, 5.74) is 1.79. The number of ether oxygens (including phenoxy) is 2. The van der Waals surface area contributed by atoms with E-state index < -0.39 is 12.0 Å². The fourth-order valence-corrected chi connectivity index (χ4v) is 3.97. The summed E-state index contributed by atoms with van der Waals surface area (Å²) in [4.78, 5) is 39.3. The first-order valence-electron chi connectivity index (χ1n) is 10.8. The van der Waals surface area contributed by atoms with E-state index in [2.05, 4.69) is 10.6 Å². The van der Waals surface area contributed by atoms with Gasteiger partial charge in [0.25, 0.3) is 0 Å². The molecule has 2 aliphatic rings. The lowest BCUT2D eigenvalue weighted by Gasteiger charge is -2.20. The van der Waals surface area contributed by atoms with E-state index in [0.717, 1.165) is 5.56 Å². The molecule has 8 heteroatoms. The van der Waals surface area contributed by atoms with E-state index in [0.29, 0.717) is 23.6 Å². The maximum Gasteiger partial charge on any atom is 0.242 e. The molecule has 3 unspecified atom stereocenters. The maximum atomic E-state index is 12.7. The van der Waals surface area contributed by atoms with Gasteiger partial charge in [-0.2, -0.15) is 0 Å². The summed E-state index contributed by atoms with van der Waals surface area (Å²) < 4.78 is 10.7. The van der Waals surface area contributed by atoms with Crippen molar-refractivity contribution in [2.75, 3.05) is 18.2 Å². The Labute approximate surface area is 186 Å². The third kappa shape index (κ3) is 4.85. The number of amides is 3. The van der Waals surface area contributed by atoms with Crippen LogP contribution >= 0.6 is 0 Å². The summed E-state index contributed by atoms with van der Waals surface area (Å²) in [6.07, 6.45) is 0.799. The summed E-state index contributed by atoms with van der Waals surface area (Å²) in [5, 5.41) is 5.69. The molecule has 0 spiro atoms. The summed E-state index contributed by atoms with van der Waals surface area (Å²) >= 11 is 0. The quantitative estimate of drug-likeness (QED) is 0.691. The van der Waals surface area contributed by atoms with Crippen LogP contribution < -0.4 is 25.0 Å². The van der Waals surface area contributed by atoms with Crippen molar-refractivity contribution in [1.29, 1.82) is 0 Å². The van der Waals surface area contributed by atoms with Gasteiger partial charge < -0.3 is 25.0 Å². The first-order valence-corrected chi connectivity index (χ1v) is 10.8. The van der Waals surface area contributed by atoms with E-state index >= 15 is 0 Å². The van der Waals surface area contributed by atoms with Gasteiger partial charge in [-0.05, 0) is 38.0 Å². The van der Waals surface area contributed by atoms with Gasteiger partial charge in [0.15, 0.2) is 11.5 Å². The zero-order valence-electron chi connectivity index (χ0n) is 18.2. The predicted molar refractivity (Wildman–Crippen MR) is 118 cm³/mol. The fourth-order valence-electron chi connectivity index (χ4n) is 3.97. The number of carbonyl (C=O) groups excluding carboxylic acids is 3. The second-order valence-corrected chi connectivity index (χ2v) is 8.27. The Balaban J connectivity index is 1.29. The molecule has 0 saturated carbocycles. The largest absolute Gasteiger partial charge is 0.454 e. The third-order valence-corrected chi connectivity index (χ3v) is 5.69. The maximum absolute atomic E-state index is 12.7. The topological polar surface area (TPSA) is 97.0 Å². The van der Waals surface area contributed by atoms with Crippen molar-refractivity contribution < 1.29 is 23.9 Å². The standard InChI is InChI=1S/C24H27N3O5/c1-15(10-17-6-4-3-5-7-17)25-23(29)16(2)26-24(30)18-11-22(28)27(13-18)19-8-9-20-21(12-19)32-14-31-20/h3-9,12,15-16,18H,10-11,13-14H2,1-2H3,(H,25,29)(H,26,30). The molecule has 2 aromatic rings. The Bertz CT molecular complexity index is 1010. The molecule has 8 nitrogen and oxygen atoms in total. The smallest absolute Gasteiger partial charge is 0.242 e. The number of hydrogen-bond acceptors (Lipinski definition) is 5. The van der Waals surface area contributed by atoms with Crippen LogP contribution in [-0.4, -0.2) is 43.1 Å². The number of nitrogens with zero attached hydrogens (tertiary/aromatic N) is 1. The number of fused-ring (bicyclic) bond motifs is 1. The van der Waals surface area contributed by atoms with Gasteiger partial charge in [0, 0.05) is 30.8 Å². The van der Waals surface area contributed by atoms with E-state index in [9.17, 15) is 14.4 Å². The Hall–Kier alpha value is -3.55. The Morgan fingerprint density at radius 2 is 1.81 bits per heavy atom. The lowest BCUT2D eigenvalue weighted by Crippen LogP contribution is -2.49. The molecule has 2 aromatic carbocycles. The van der Waals surface area contributed by atoms with Crippen molar-refractivity contribution in [3.05, 3.63) is 54.1 Å².